The van der Waals surface area contributed by atoms with Crippen LogP contribution < -0.4 is 10.1 Å². The Balaban J connectivity index is 1.83. The number of amides is 2. The molecule has 2 amide bonds. The fourth-order valence-corrected chi connectivity index (χ4v) is 3.90. The van der Waals surface area contributed by atoms with Crippen molar-refractivity contribution in [3.63, 3.8) is 0 Å². The maximum atomic E-state index is 13.3. The molecule has 0 aliphatic heterocycles. The molecule has 174 valence electrons. The van der Waals surface area contributed by atoms with Crippen molar-refractivity contribution in [2.24, 2.45) is 0 Å². The normalized spacial score (nSPS) is 12.3. The summed E-state index contributed by atoms with van der Waals surface area (Å²) in [5.41, 5.74) is 0.257. The SMILES string of the molecule is C[C@@H](C(=O)NC(C)(C)C)N(Cc1ccc(Cl)cc1Cl)C(=O)COc1cccc2ccccc12. The van der Waals surface area contributed by atoms with Gasteiger partial charge in [-0.15, -0.1) is 0 Å². The minimum absolute atomic E-state index is 0.145. The van der Waals surface area contributed by atoms with Crippen molar-refractivity contribution >= 4 is 45.8 Å². The predicted octanol–water partition coefficient (Wildman–Crippen LogP) is 5.86. The van der Waals surface area contributed by atoms with Gasteiger partial charge in [-0.2, -0.15) is 0 Å². The number of carbonyl (C=O) groups excluding carboxylic acids is 2. The Labute approximate surface area is 204 Å². The first kappa shape index (κ1) is 24.9. The van der Waals surface area contributed by atoms with Crippen LogP contribution in [0.5, 0.6) is 5.75 Å². The summed E-state index contributed by atoms with van der Waals surface area (Å²) >= 11 is 12.4. The number of nitrogens with zero attached hydrogens (tertiary/aromatic N) is 1. The van der Waals surface area contributed by atoms with Gasteiger partial charge in [-0.05, 0) is 56.8 Å². The second-order valence-corrected chi connectivity index (χ2v) is 9.78. The lowest BCUT2D eigenvalue weighted by Crippen LogP contribution is -2.53. The number of carbonyl (C=O) groups is 2. The Bertz CT molecular complexity index is 1150. The molecule has 1 atom stereocenters. The fourth-order valence-electron chi connectivity index (χ4n) is 3.43. The number of hydrogen-bond donors (Lipinski definition) is 1. The van der Waals surface area contributed by atoms with E-state index in [0.717, 1.165) is 10.8 Å². The van der Waals surface area contributed by atoms with Crippen molar-refractivity contribution in [3.8, 4) is 5.75 Å². The standard InChI is InChI=1S/C26H28Cl2N2O3/c1-17(25(32)29-26(2,3)4)30(15-19-12-13-20(27)14-22(19)28)24(31)16-33-23-11-7-9-18-8-5-6-10-21(18)23/h5-14,17H,15-16H2,1-4H3,(H,29,32)/t17-/m0/s1. The molecule has 3 aromatic rings. The lowest BCUT2D eigenvalue weighted by Gasteiger charge is -2.31. The summed E-state index contributed by atoms with van der Waals surface area (Å²) in [6, 6.07) is 17.8. The molecule has 0 aliphatic rings. The van der Waals surface area contributed by atoms with Gasteiger partial charge in [0.05, 0.1) is 0 Å². The molecule has 0 spiro atoms. The lowest BCUT2D eigenvalue weighted by molar-refractivity contribution is -0.142. The van der Waals surface area contributed by atoms with E-state index in [-0.39, 0.29) is 25.0 Å². The largest absolute Gasteiger partial charge is 0.483 e. The zero-order valence-corrected chi connectivity index (χ0v) is 20.7. The molecular weight excluding hydrogens is 459 g/mol. The van der Waals surface area contributed by atoms with Gasteiger partial charge in [0.1, 0.15) is 11.8 Å². The van der Waals surface area contributed by atoms with Gasteiger partial charge in [-0.1, -0.05) is 65.7 Å². The number of fused-ring (bicyclic) bond motifs is 1. The van der Waals surface area contributed by atoms with Crippen molar-refractivity contribution in [2.45, 2.75) is 45.8 Å². The highest BCUT2D eigenvalue weighted by Gasteiger charge is 2.29. The molecule has 0 saturated heterocycles. The van der Waals surface area contributed by atoms with Crippen LogP contribution in [-0.2, 0) is 16.1 Å². The third-order valence-corrected chi connectivity index (χ3v) is 5.71. The number of halogens is 2. The highest BCUT2D eigenvalue weighted by molar-refractivity contribution is 6.35. The van der Waals surface area contributed by atoms with Gasteiger partial charge in [-0.25, -0.2) is 0 Å². The molecule has 5 nitrogen and oxygen atoms in total. The Morgan fingerprint density at radius 2 is 1.73 bits per heavy atom. The molecule has 0 bridgehead atoms. The average molecular weight is 487 g/mol. The zero-order chi connectivity index (χ0) is 24.2. The van der Waals surface area contributed by atoms with Crippen LogP contribution in [0.3, 0.4) is 0 Å². The Morgan fingerprint density at radius 3 is 2.42 bits per heavy atom. The van der Waals surface area contributed by atoms with Crippen LogP contribution in [-0.4, -0.2) is 34.9 Å². The summed E-state index contributed by atoms with van der Waals surface area (Å²) in [4.78, 5) is 27.7. The van der Waals surface area contributed by atoms with E-state index in [0.29, 0.717) is 21.4 Å². The van der Waals surface area contributed by atoms with E-state index in [4.69, 9.17) is 27.9 Å². The van der Waals surface area contributed by atoms with E-state index in [1.165, 1.54) is 4.90 Å². The summed E-state index contributed by atoms with van der Waals surface area (Å²) in [6.07, 6.45) is 0. The average Bonchev–Trinajstić information content (AvgIpc) is 2.75. The van der Waals surface area contributed by atoms with Crippen molar-refractivity contribution in [2.75, 3.05) is 6.61 Å². The van der Waals surface area contributed by atoms with Gasteiger partial charge >= 0.3 is 0 Å². The highest BCUT2D eigenvalue weighted by atomic mass is 35.5. The van der Waals surface area contributed by atoms with Crippen LogP contribution in [0.2, 0.25) is 10.0 Å². The first-order valence-corrected chi connectivity index (χ1v) is 11.5. The molecule has 0 radical (unpaired) electrons. The monoisotopic (exact) mass is 486 g/mol. The van der Waals surface area contributed by atoms with Crippen LogP contribution in [0.25, 0.3) is 10.8 Å². The van der Waals surface area contributed by atoms with E-state index in [2.05, 4.69) is 5.32 Å². The summed E-state index contributed by atoms with van der Waals surface area (Å²) in [7, 11) is 0. The van der Waals surface area contributed by atoms with Crippen molar-refractivity contribution in [3.05, 3.63) is 76.3 Å². The molecule has 0 saturated carbocycles. The molecule has 7 heteroatoms. The van der Waals surface area contributed by atoms with E-state index in [1.54, 1.807) is 25.1 Å². The first-order chi connectivity index (χ1) is 15.5. The van der Waals surface area contributed by atoms with E-state index in [9.17, 15) is 9.59 Å². The molecule has 3 aromatic carbocycles. The molecule has 0 aromatic heterocycles. The minimum Gasteiger partial charge on any atom is -0.483 e. The highest BCUT2D eigenvalue weighted by Crippen LogP contribution is 2.26. The minimum atomic E-state index is -0.736. The van der Waals surface area contributed by atoms with E-state index in [1.807, 2.05) is 63.2 Å². The number of benzene rings is 3. The molecule has 33 heavy (non-hydrogen) atoms. The lowest BCUT2D eigenvalue weighted by atomic mass is 10.1. The van der Waals surface area contributed by atoms with Crippen LogP contribution in [0.15, 0.2) is 60.7 Å². The van der Waals surface area contributed by atoms with Gasteiger partial charge < -0.3 is 15.0 Å². The summed E-state index contributed by atoms with van der Waals surface area (Å²) in [5, 5.41) is 5.80. The molecular formula is C26H28Cl2N2O3. The third kappa shape index (κ3) is 6.62. The van der Waals surface area contributed by atoms with Crippen molar-refractivity contribution in [1.82, 2.24) is 10.2 Å². The number of rotatable bonds is 7. The summed E-state index contributed by atoms with van der Waals surface area (Å²) in [6.45, 7) is 7.30. The molecule has 0 heterocycles. The summed E-state index contributed by atoms with van der Waals surface area (Å²) in [5.74, 6) is 0.0225. The van der Waals surface area contributed by atoms with Crippen molar-refractivity contribution in [1.29, 1.82) is 0 Å². The van der Waals surface area contributed by atoms with Crippen molar-refractivity contribution < 1.29 is 14.3 Å². The zero-order valence-electron chi connectivity index (χ0n) is 19.2. The Hall–Kier alpha value is -2.76. The quantitative estimate of drug-likeness (QED) is 0.455. The van der Waals surface area contributed by atoms with E-state index >= 15 is 0 Å². The summed E-state index contributed by atoms with van der Waals surface area (Å²) < 4.78 is 5.90. The molecule has 0 unspecified atom stereocenters. The Morgan fingerprint density at radius 1 is 1.03 bits per heavy atom. The second-order valence-electron chi connectivity index (χ2n) is 8.94. The maximum absolute atomic E-state index is 13.3. The topological polar surface area (TPSA) is 58.6 Å². The molecule has 0 fully saturated rings. The van der Waals surface area contributed by atoms with Gasteiger partial charge in [0.2, 0.25) is 5.91 Å². The second kappa shape index (κ2) is 10.4. The predicted molar refractivity (Wildman–Crippen MR) is 134 cm³/mol. The molecule has 1 N–H and O–H groups in total. The van der Waals surface area contributed by atoms with Gasteiger partial charge in [0.15, 0.2) is 6.61 Å². The van der Waals surface area contributed by atoms with Crippen LogP contribution >= 0.6 is 23.2 Å². The van der Waals surface area contributed by atoms with Gasteiger partial charge in [0, 0.05) is 27.5 Å². The number of nitrogens with one attached hydrogen (secondary N) is 1. The van der Waals surface area contributed by atoms with Gasteiger partial charge in [-0.3, -0.25) is 9.59 Å². The fraction of sp³-hybridized carbons (Fsp3) is 0.308. The number of hydrogen-bond acceptors (Lipinski definition) is 3. The smallest absolute Gasteiger partial charge is 0.261 e. The maximum Gasteiger partial charge on any atom is 0.261 e. The Kier molecular flexibility index (Phi) is 7.88. The number of ether oxygens (including phenoxy) is 1. The van der Waals surface area contributed by atoms with Crippen LogP contribution in [0.4, 0.5) is 0 Å². The van der Waals surface area contributed by atoms with Crippen LogP contribution in [0, 0.1) is 0 Å². The molecule has 0 aliphatic carbocycles. The third-order valence-electron chi connectivity index (χ3n) is 5.12. The molecule has 3 rings (SSSR count). The van der Waals surface area contributed by atoms with Gasteiger partial charge in [0.25, 0.3) is 5.91 Å². The first-order valence-electron chi connectivity index (χ1n) is 10.7. The van der Waals surface area contributed by atoms with Crippen LogP contribution in [0.1, 0.15) is 33.3 Å². The van der Waals surface area contributed by atoms with E-state index < -0.39 is 11.6 Å².